The SMILES string of the molecule is CCCCC[n+]1c(-c2ccccc2)c2cc(NC(C)=O)ccc2c2ccc(NC(C)=O)cc21. The van der Waals surface area contributed by atoms with Crippen LogP contribution in [0, 0.1) is 0 Å². The molecule has 0 spiro atoms. The highest BCUT2D eigenvalue weighted by Crippen LogP contribution is 2.34. The van der Waals surface area contributed by atoms with Crippen LogP contribution in [0.2, 0.25) is 0 Å². The number of anilines is 2. The third-order valence-electron chi connectivity index (χ3n) is 5.80. The second kappa shape index (κ2) is 9.82. The Morgan fingerprint density at radius 2 is 1.39 bits per heavy atom. The minimum atomic E-state index is -0.0906. The van der Waals surface area contributed by atoms with Gasteiger partial charge in [-0.15, -0.1) is 0 Å². The summed E-state index contributed by atoms with van der Waals surface area (Å²) in [5, 5.41) is 9.17. The van der Waals surface area contributed by atoms with Crippen LogP contribution < -0.4 is 15.2 Å². The van der Waals surface area contributed by atoms with Crippen LogP contribution in [-0.4, -0.2) is 11.8 Å². The van der Waals surface area contributed by atoms with Gasteiger partial charge >= 0.3 is 0 Å². The Labute approximate surface area is 194 Å². The number of benzene rings is 3. The van der Waals surface area contributed by atoms with Crippen LogP contribution in [-0.2, 0) is 16.1 Å². The quantitative estimate of drug-likeness (QED) is 0.209. The highest BCUT2D eigenvalue weighted by Gasteiger charge is 2.24. The van der Waals surface area contributed by atoms with E-state index < -0.39 is 0 Å². The van der Waals surface area contributed by atoms with Gasteiger partial charge in [0, 0.05) is 48.7 Å². The van der Waals surface area contributed by atoms with Crippen LogP contribution in [0.4, 0.5) is 11.4 Å². The van der Waals surface area contributed by atoms with Crippen LogP contribution >= 0.6 is 0 Å². The molecule has 0 unspecified atom stereocenters. The molecule has 0 bridgehead atoms. The number of hydrogen-bond acceptors (Lipinski definition) is 2. The van der Waals surface area contributed by atoms with Crippen LogP contribution in [0.5, 0.6) is 0 Å². The molecule has 0 radical (unpaired) electrons. The fraction of sp³-hybridized carbons (Fsp3) is 0.250. The minimum Gasteiger partial charge on any atom is -0.326 e. The second-order valence-corrected chi connectivity index (χ2v) is 8.43. The minimum absolute atomic E-state index is 0.0871. The van der Waals surface area contributed by atoms with Gasteiger partial charge in [0.05, 0.1) is 10.8 Å². The van der Waals surface area contributed by atoms with Crippen LogP contribution in [0.3, 0.4) is 0 Å². The summed E-state index contributed by atoms with van der Waals surface area (Å²) in [7, 11) is 0. The van der Waals surface area contributed by atoms with Crippen LogP contribution in [0.25, 0.3) is 32.9 Å². The van der Waals surface area contributed by atoms with E-state index in [1.807, 2.05) is 30.3 Å². The van der Waals surface area contributed by atoms with Crippen LogP contribution in [0.15, 0.2) is 66.7 Å². The highest BCUT2D eigenvalue weighted by atomic mass is 16.2. The zero-order valence-electron chi connectivity index (χ0n) is 19.4. The predicted molar refractivity (Wildman–Crippen MR) is 135 cm³/mol. The maximum Gasteiger partial charge on any atom is 0.221 e. The molecular formula is C28H30N3O2+. The first-order valence-electron chi connectivity index (χ1n) is 11.5. The number of unbranched alkanes of at least 4 members (excludes halogenated alkanes) is 2. The number of hydrogen-bond donors (Lipinski definition) is 2. The molecule has 0 atom stereocenters. The van der Waals surface area contributed by atoms with Crippen molar-refractivity contribution in [2.75, 3.05) is 10.6 Å². The first kappa shape index (κ1) is 22.5. The van der Waals surface area contributed by atoms with Crippen molar-refractivity contribution in [3.8, 4) is 11.3 Å². The number of aryl methyl sites for hydroxylation is 1. The summed E-state index contributed by atoms with van der Waals surface area (Å²) >= 11 is 0. The van der Waals surface area contributed by atoms with Gasteiger partial charge in [0.1, 0.15) is 6.54 Å². The van der Waals surface area contributed by atoms with E-state index in [9.17, 15) is 9.59 Å². The first-order chi connectivity index (χ1) is 16.0. The van der Waals surface area contributed by atoms with Gasteiger partial charge in [-0.2, -0.15) is 4.57 Å². The van der Waals surface area contributed by atoms with E-state index in [0.29, 0.717) is 0 Å². The number of carbonyl (C=O) groups is 2. The topological polar surface area (TPSA) is 62.1 Å². The van der Waals surface area contributed by atoms with Crippen molar-refractivity contribution in [2.45, 2.75) is 46.6 Å². The Morgan fingerprint density at radius 1 is 0.758 bits per heavy atom. The number of fused-ring (bicyclic) bond motifs is 3. The number of pyridine rings is 1. The Hall–Kier alpha value is -3.73. The van der Waals surface area contributed by atoms with Gasteiger partial charge in [0.25, 0.3) is 0 Å². The van der Waals surface area contributed by atoms with E-state index in [0.717, 1.165) is 70.1 Å². The molecule has 0 saturated carbocycles. The monoisotopic (exact) mass is 440 g/mol. The van der Waals surface area contributed by atoms with Crippen molar-refractivity contribution in [1.82, 2.24) is 0 Å². The fourth-order valence-electron chi connectivity index (χ4n) is 4.45. The van der Waals surface area contributed by atoms with Crippen molar-refractivity contribution in [1.29, 1.82) is 0 Å². The molecular weight excluding hydrogens is 410 g/mol. The molecule has 4 rings (SSSR count). The molecule has 168 valence electrons. The number of rotatable bonds is 7. The molecule has 3 aromatic carbocycles. The molecule has 0 saturated heterocycles. The lowest BCUT2D eigenvalue weighted by atomic mass is 9.97. The number of nitrogens with zero attached hydrogens (tertiary/aromatic N) is 1. The molecule has 33 heavy (non-hydrogen) atoms. The lowest BCUT2D eigenvalue weighted by Gasteiger charge is -2.14. The maximum atomic E-state index is 11.7. The zero-order valence-corrected chi connectivity index (χ0v) is 19.4. The van der Waals surface area contributed by atoms with E-state index in [2.05, 4.69) is 58.5 Å². The Balaban J connectivity index is 2.08. The fourth-order valence-corrected chi connectivity index (χ4v) is 4.45. The summed E-state index contributed by atoms with van der Waals surface area (Å²) in [6, 6.07) is 22.5. The lowest BCUT2D eigenvalue weighted by molar-refractivity contribution is -0.659. The van der Waals surface area contributed by atoms with Gasteiger partial charge in [-0.05, 0) is 42.8 Å². The first-order valence-corrected chi connectivity index (χ1v) is 11.5. The lowest BCUT2D eigenvalue weighted by Crippen LogP contribution is -2.37. The van der Waals surface area contributed by atoms with Crippen molar-refractivity contribution < 1.29 is 14.2 Å². The van der Waals surface area contributed by atoms with E-state index in [1.54, 1.807) is 0 Å². The van der Waals surface area contributed by atoms with Crippen molar-refractivity contribution in [2.24, 2.45) is 0 Å². The highest BCUT2D eigenvalue weighted by molar-refractivity contribution is 6.11. The molecule has 0 aliphatic carbocycles. The molecule has 4 aromatic rings. The van der Waals surface area contributed by atoms with Crippen molar-refractivity contribution >= 4 is 44.9 Å². The number of carbonyl (C=O) groups excluding carboxylic acids is 2. The normalized spacial score (nSPS) is 11.0. The van der Waals surface area contributed by atoms with Gasteiger partial charge in [-0.3, -0.25) is 9.59 Å². The molecule has 1 aromatic heterocycles. The molecule has 0 aliphatic rings. The molecule has 2 amide bonds. The van der Waals surface area contributed by atoms with Gasteiger partial charge < -0.3 is 10.6 Å². The van der Waals surface area contributed by atoms with E-state index >= 15 is 0 Å². The average molecular weight is 441 g/mol. The third kappa shape index (κ3) is 4.87. The van der Waals surface area contributed by atoms with Crippen LogP contribution in [0.1, 0.15) is 40.0 Å². The molecule has 5 nitrogen and oxygen atoms in total. The number of nitrogens with one attached hydrogen (secondary N) is 2. The summed E-state index contributed by atoms with van der Waals surface area (Å²) in [5.41, 5.74) is 4.87. The van der Waals surface area contributed by atoms with Gasteiger partial charge in [-0.1, -0.05) is 37.6 Å². The summed E-state index contributed by atoms with van der Waals surface area (Å²) in [4.78, 5) is 23.5. The van der Waals surface area contributed by atoms with Crippen molar-refractivity contribution in [3.05, 3.63) is 66.7 Å². The van der Waals surface area contributed by atoms with E-state index in [4.69, 9.17) is 0 Å². The molecule has 5 heteroatoms. The second-order valence-electron chi connectivity index (χ2n) is 8.43. The predicted octanol–water partition coefficient (Wildman–Crippen LogP) is 6.05. The standard InChI is InChI=1S/C28H29N3O2/c1-4-5-9-16-31-27-18-23(30-20(3)33)13-15-25(27)24-14-12-22(29-19(2)32)17-26(24)28(31)21-10-7-6-8-11-21/h6-8,10-15,17-18H,4-5,9,16H2,1-3H3,(H,29,32)/p+1. The smallest absolute Gasteiger partial charge is 0.221 e. The van der Waals surface area contributed by atoms with Gasteiger partial charge in [0.15, 0.2) is 0 Å². The van der Waals surface area contributed by atoms with Gasteiger partial charge in [0.2, 0.25) is 23.0 Å². The molecule has 0 fully saturated rings. The summed E-state index contributed by atoms with van der Waals surface area (Å²) in [6.07, 6.45) is 3.33. The Morgan fingerprint density at radius 3 is 2.03 bits per heavy atom. The van der Waals surface area contributed by atoms with E-state index in [1.165, 1.54) is 13.8 Å². The Kier molecular flexibility index (Phi) is 6.68. The summed E-state index contributed by atoms with van der Waals surface area (Å²) in [6.45, 7) is 6.12. The number of amides is 2. The molecule has 1 heterocycles. The average Bonchev–Trinajstić information content (AvgIpc) is 2.79. The van der Waals surface area contributed by atoms with E-state index in [-0.39, 0.29) is 11.8 Å². The molecule has 0 aliphatic heterocycles. The zero-order chi connectivity index (χ0) is 23.4. The largest absolute Gasteiger partial charge is 0.326 e. The van der Waals surface area contributed by atoms with Crippen molar-refractivity contribution in [3.63, 3.8) is 0 Å². The summed E-state index contributed by atoms with van der Waals surface area (Å²) in [5.74, 6) is -0.178. The maximum absolute atomic E-state index is 11.7. The Bertz CT molecular complexity index is 1330. The summed E-state index contributed by atoms with van der Waals surface area (Å²) < 4.78 is 2.37. The molecule has 2 N–H and O–H groups in total. The van der Waals surface area contributed by atoms with Gasteiger partial charge in [-0.25, -0.2) is 0 Å². The number of aromatic nitrogens is 1. The third-order valence-corrected chi connectivity index (χ3v) is 5.80.